The first-order valence-electron chi connectivity index (χ1n) is 5.71. The molecule has 0 spiro atoms. The third kappa shape index (κ3) is 2.83. The normalized spacial score (nSPS) is 19.6. The Morgan fingerprint density at radius 1 is 1.61 bits per heavy atom. The molecule has 0 bridgehead atoms. The lowest BCUT2D eigenvalue weighted by Gasteiger charge is -2.32. The molecule has 1 aromatic rings. The summed E-state index contributed by atoms with van der Waals surface area (Å²) in [6, 6.07) is 3.59. The lowest BCUT2D eigenvalue weighted by atomic mass is 10.2. The van der Waals surface area contributed by atoms with Gasteiger partial charge >= 0.3 is 0 Å². The van der Waals surface area contributed by atoms with Crippen LogP contribution in [0.2, 0.25) is 0 Å². The number of ether oxygens (including phenoxy) is 1. The fraction of sp³-hybridized carbons (Fsp3) is 0.417. The summed E-state index contributed by atoms with van der Waals surface area (Å²) in [6.07, 6.45) is 1.24. The maximum atomic E-state index is 12.2. The van der Waals surface area contributed by atoms with Gasteiger partial charge in [-0.25, -0.2) is 0 Å². The second kappa shape index (κ2) is 5.41. The Morgan fingerprint density at radius 3 is 3.00 bits per heavy atom. The third-order valence-electron chi connectivity index (χ3n) is 2.83. The van der Waals surface area contributed by atoms with Crippen LogP contribution in [0, 0.1) is 6.92 Å². The molecule has 1 amide bonds. The highest BCUT2D eigenvalue weighted by Gasteiger charge is 2.26. The van der Waals surface area contributed by atoms with Gasteiger partial charge in [-0.05, 0) is 19.1 Å². The van der Waals surface area contributed by atoms with Gasteiger partial charge in [0.2, 0.25) is 0 Å². The van der Waals surface area contributed by atoms with E-state index in [2.05, 4.69) is 4.98 Å². The first-order chi connectivity index (χ1) is 8.58. The van der Waals surface area contributed by atoms with Crippen LogP contribution < -0.4 is 5.73 Å². The molecule has 1 fully saturated rings. The van der Waals surface area contributed by atoms with Gasteiger partial charge in [-0.3, -0.25) is 9.78 Å². The molecule has 0 aliphatic carbocycles. The van der Waals surface area contributed by atoms with Gasteiger partial charge < -0.3 is 15.4 Å². The number of rotatable bonds is 2. The molecule has 0 saturated carbocycles. The van der Waals surface area contributed by atoms with Crippen molar-refractivity contribution in [3.8, 4) is 0 Å². The van der Waals surface area contributed by atoms with E-state index in [0.29, 0.717) is 25.3 Å². The molecule has 0 radical (unpaired) electrons. The summed E-state index contributed by atoms with van der Waals surface area (Å²) >= 11 is 4.89. The van der Waals surface area contributed by atoms with Crippen LogP contribution in [-0.2, 0) is 4.74 Å². The minimum Gasteiger partial charge on any atom is -0.391 e. The van der Waals surface area contributed by atoms with E-state index in [0.717, 1.165) is 5.69 Å². The number of thiocarbonyl (C=S) groups is 1. The molecule has 96 valence electrons. The van der Waals surface area contributed by atoms with Crippen LogP contribution in [-0.4, -0.2) is 46.6 Å². The number of aryl methyl sites for hydroxylation is 1. The number of morpholine rings is 1. The van der Waals surface area contributed by atoms with Crippen molar-refractivity contribution in [3.63, 3.8) is 0 Å². The largest absolute Gasteiger partial charge is 0.391 e. The summed E-state index contributed by atoms with van der Waals surface area (Å²) in [6.45, 7) is 3.28. The average Bonchev–Trinajstić information content (AvgIpc) is 2.39. The molecule has 2 heterocycles. The summed E-state index contributed by atoms with van der Waals surface area (Å²) in [5, 5.41) is 0. The fourth-order valence-corrected chi connectivity index (χ4v) is 1.93. The average molecular weight is 265 g/mol. The summed E-state index contributed by atoms with van der Waals surface area (Å²) in [5.74, 6) is -0.0629. The van der Waals surface area contributed by atoms with Gasteiger partial charge in [0, 0.05) is 18.4 Å². The third-order valence-corrected chi connectivity index (χ3v) is 3.09. The maximum absolute atomic E-state index is 12.2. The molecule has 1 atom stereocenters. The maximum Gasteiger partial charge on any atom is 0.255 e. The fourth-order valence-electron chi connectivity index (χ4n) is 1.78. The molecule has 1 aromatic heterocycles. The number of hydrogen-bond acceptors (Lipinski definition) is 4. The summed E-state index contributed by atoms with van der Waals surface area (Å²) < 4.78 is 5.40. The van der Waals surface area contributed by atoms with E-state index in [1.54, 1.807) is 17.2 Å². The second-order valence-electron chi connectivity index (χ2n) is 4.20. The Hall–Kier alpha value is -1.53. The van der Waals surface area contributed by atoms with Gasteiger partial charge in [-0.2, -0.15) is 0 Å². The number of carbonyl (C=O) groups excluding carboxylic acids is 1. The van der Waals surface area contributed by atoms with E-state index < -0.39 is 0 Å². The SMILES string of the molecule is Cc1ccc(C(=O)N2CCOC(C(N)=S)C2)cn1. The first kappa shape index (κ1) is 12.9. The molecular weight excluding hydrogens is 250 g/mol. The topological polar surface area (TPSA) is 68.5 Å². The molecule has 6 heteroatoms. The van der Waals surface area contributed by atoms with Gasteiger partial charge in [0.25, 0.3) is 5.91 Å². The summed E-state index contributed by atoms with van der Waals surface area (Å²) in [5.41, 5.74) is 7.00. The van der Waals surface area contributed by atoms with Crippen LogP contribution in [0.5, 0.6) is 0 Å². The molecule has 2 N–H and O–H groups in total. The first-order valence-corrected chi connectivity index (χ1v) is 6.11. The quantitative estimate of drug-likeness (QED) is 0.789. The number of carbonyl (C=O) groups is 1. The minimum absolute atomic E-state index is 0.0629. The van der Waals surface area contributed by atoms with E-state index in [1.807, 2.05) is 13.0 Å². The Kier molecular flexibility index (Phi) is 3.88. The van der Waals surface area contributed by atoms with Crippen molar-refractivity contribution in [2.45, 2.75) is 13.0 Å². The Labute approximate surface area is 111 Å². The zero-order chi connectivity index (χ0) is 13.1. The zero-order valence-corrected chi connectivity index (χ0v) is 10.9. The van der Waals surface area contributed by atoms with Crippen LogP contribution in [0.25, 0.3) is 0 Å². The number of amides is 1. The van der Waals surface area contributed by atoms with Crippen molar-refractivity contribution >= 4 is 23.1 Å². The van der Waals surface area contributed by atoms with Crippen molar-refractivity contribution in [1.82, 2.24) is 9.88 Å². The van der Waals surface area contributed by atoms with Crippen LogP contribution in [0.4, 0.5) is 0 Å². The van der Waals surface area contributed by atoms with Crippen molar-refractivity contribution in [1.29, 1.82) is 0 Å². The molecule has 1 aliphatic rings. The number of pyridine rings is 1. The lowest BCUT2D eigenvalue weighted by Crippen LogP contribution is -2.49. The standard InChI is InChI=1S/C12H15N3O2S/c1-8-2-3-9(6-14-8)12(16)15-4-5-17-10(7-15)11(13)18/h2-3,6,10H,4-5,7H2,1H3,(H2,13,18). The summed E-state index contributed by atoms with van der Waals surface area (Å²) in [4.78, 5) is 18.3. The van der Waals surface area contributed by atoms with Crippen LogP contribution in [0.15, 0.2) is 18.3 Å². The van der Waals surface area contributed by atoms with E-state index in [9.17, 15) is 4.79 Å². The van der Waals surface area contributed by atoms with E-state index in [1.165, 1.54) is 0 Å². The molecule has 1 saturated heterocycles. The smallest absolute Gasteiger partial charge is 0.255 e. The van der Waals surface area contributed by atoms with E-state index in [4.69, 9.17) is 22.7 Å². The van der Waals surface area contributed by atoms with E-state index in [-0.39, 0.29) is 17.0 Å². The Bertz CT molecular complexity index is 461. The van der Waals surface area contributed by atoms with Crippen LogP contribution in [0.1, 0.15) is 16.1 Å². The van der Waals surface area contributed by atoms with Gasteiger partial charge in [0.05, 0.1) is 18.7 Å². The predicted octanol–water partition coefficient (Wildman–Crippen LogP) is 0.517. The van der Waals surface area contributed by atoms with Gasteiger partial charge in [0.1, 0.15) is 11.1 Å². The number of nitrogens with zero attached hydrogens (tertiary/aromatic N) is 2. The monoisotopic (exact) mass is 265 g/mol. The molecule has 5 nitrogen and oxygen atoms in total. The van der Waals surface area contributed by atoms with Crippen molar-refractivity contribution in [2.24, 2.45) is 5.73 Å². The van der Waals surface area contributed by atoms with Crippen molar-refractivity contribution in [3.05, 3.63) is 29.6 Å². The lowest BCUT2D eigenvalue weighted by molar-refractivity contribution is 0.00876. The minimum atomic E-state index is -0.351. The highest BCUT2D eigenvalue weighted by Crippen LogP contribution is 2.10. The van der Waals surface area contributed by atoms with Crippen LogP contribution >= 0.6 is 12.2 Å². The second-order valence-corrected chi connectivity index (χ2v) is 4.67. The zero-order valence-electron chi connectivity index (χ0n) is 10.1. The Balaban J connectivity index is 2.09. The highest BCUT2D eigenvalue weighted by molar-refractivity contribution is 7.80. The van der Waals surface area contributed by atoms with Crippen molar-refractivity contribution < 1.29 is 9.53 Å². The molecule has 18 heavy (non-hydrogen) atoms. The van der Waals surface area contributed by atoms with Gasteiger partial charge in [-0.1, -0.05) is 12.2 Å². The Morgan fingerprint density at radius 2 is 2.39 bits per heavy atom. The molecule has 2 rings (SSSR count). The van der Waals surface area contributed by atoms with E-state index >= 15 is 0 Å². The van der Waals surface area contributed by atoms with Gasteiger partial charge in [0.15, 0.2) is 0 Å². The van der Waals surface area contributed by atoms with Gasteiger partial charge in [-0.15, -0.1) is 0 Å². The molecular formula is C12H15N3O2S. The number of nitrogens with two attached hydrogens (primary N) is 1. The van der Waals surface area contributed by atoms with Crippen LogP contribution in [0.3, 0.4) is 0 Å². The molecule has 1 aliphatic heterocycles. The highest BCUT2D eigenvalue weighted by atomic mass is 32.1. The van der Waals surface area contributed by atoms with Crippen molar-refractivity contribution in [2.75, 3.05) is 19.7 Å². The molecule has 1 unspecified atom stereocenters. The number of hydrogen-bond donors (Lipinski definition) is 1. The molecule has 0 aromatic carbocycles. The summed E-state index contributed by atoms with van der Waals surface area (Å²) in [7, 11) is 0. The predicted molar refractivity (Wildman–Crippen MR) is 71.4 cm³/mol. The number of aromatic nitrogens is 1.